The van der Waals surface area contributed by atoms with Crippen molar-refractivity contribution in [1.82, 2.24) is 9.97 Å². The van der Waals surface area contributed by atoms with E-state index in [-0.39, 0.29) is 5.88 Å². The summed E-state index contributed by atoms with van der Waals surface area (Å²) in [4.78, 5) is 20.1. The van der Waals surface area contributed by atoms with Crippen LogP contribution in [-0.2, 0) is 0 Å². The van der Waals surface area contributed by atoms with Gasteiger partial charge in [0.15, 0.2) is 5.00 Å². The third-order valence-corrected chi connectivity index (χ3v) is 4.32. The summed E-state index contributed by atoms with van der Waals surface area (Å²) in [5, 5.41) is 17.7. The third-order valence-electron chi connectivity index (χ3n) is 2.82. The highest BCUT2D eigenvalue weighted by atomic mass is 32.1. The van der Waals surface area contributed by atoms with E-state index in [1.807, 2.05) is 13.0 Å². The van der Waals surface area contributed by atoms with Gasteiger partial charge in [-0.15, -0.1) is 22.7 Å². The first-order valence-electron chi connectivity index (χ1n) is 6.75. The molecule has 1 aromatic carbocycles. The van der Waals surface area contributed by atoms with Crippen LogP contribution in [0.15, 0.2) is 35.2 Å². The molecule has 0 saturated heterocycles. The van der Waals surface area contributed by atoms with E-state index in [1.54, 1.807) is 29.1 Å². The standard InChI is InChI=1S/C15H11N5O2S2/c1-9-18-12(7-23-9)20-15(21)22-13-14(24-8-17-13)19-11-4-2-3-10(5-11)6-16/h2-5,7-8,19H,1H3,(H,20,21). The number of ether oxygens (including phenoxy) is 1. The fraction of sp³-hybridized carbons (Fsp3) is 0.0667. The SMILES string of the molecule is Cc1nc(NC(=O)Oc2ncsc2Nc2cccc(C#N)c2)cs1. The van der Waals surface area contributed by atoms with Crippen LogP contribution in [0.5, 0.6) is 5.88 Å². The van der Waals surface area contributed by atoms with Crippen LogP contribution in [0.3, 0.4) is 0 Å². The van der Waals surface area contributed by atoms with Gasteiger partial charge < -0.3 is 10.1 Å². The van der Waals surface area contributed by atoms with Crippen molar-refractivity contribution < 1.29 is 9.53 Å². The third kappa shape index (κ3) is 3.87. The molecule has 0 spiro atoms. The van der Waals surface area contributed by atoms with E-state index in [4.69, 9.17) is 10.00 Å². The van der Waals surface area contributed by atoms with Crippen LogP contribution in [0.1, 0.15) is 10.6 Å². The second-order valence-corrected chi connectivity index (χ2v) is 6.49. The second-order valence-electron chi connectivity index (χ2n) is 4.57. The lowest BCUT2D eigenvalue weighted by Crippen LogP contribution is -2.17. The van der Waals surface area contributed by atoms with Gasteiger partial charge in [-0.05, 0) is 25.1 Å². The van der Waals surface area contributed by atoms with Crippen molar-refractivity contribution >= 4 is 45.3 Å². The van der Waals surface area contributed by atoms with Crippen LogP contribution in [-0.4, -0.2) is 16.1 Å². The van der Waals surface area contributed by atoms with Crippen LogP contribution < -0.4 is 15.4 Å². The Kier molecular flexibility index (Phi) is 4.69. The van der Waals surface area contributed by atoms with Gasteiger partial charge >= 0.3 is 6.09 Å². The van der Waals surface area contributed by atoms with Gasteiger partial charge in [0.1, 0.15) is 5.82 Å². The molecule has 7 nitrogen and oxygen atoms in total. The van der Waals surface area contributed by atoms with E-state index in [2.05, 4.69) is 26.7 Å². The molecular formula is C15H11N5O2S2. The van der Waals surface area contributed by atoms with Gasteiger partial charge in [-0.1, -0.05) is 6.07 Å². The topological polar surface area (TPSA) is 99.9 Å². The Labute approximate surface area is 145 Å². The molecule has 0 fully saturated rings. The van der Waals surface area contributed by atoms with Gasteiger partial charge in [0.25, 0.3) is 5.88 Å². The maximum atomic E-state index is 11.9. The zero-order valence-electron chi connectivity index (χ0n) is 12.4. The maximum absolute atomic E-state index is 11.9. The minimum absolute atomic E-state index is 0.159. The number of aryl methyl sites for hydroxylation is 1. The quantitative estimate of drug-likeness (QED) is 0.728. The minimum Gasteiger partial charge on any atom is -0.388 e. The lowest BCUT2D eigenvalue weighted by molar-refractivity contribution is 0.214. The number of benzene rings is 1. The number of carbonyl (C=O) groups excluding carboxylic acids is 1. The first kappa shape index (κ1) is 15.9. The summed E-state index contributed by atoms with van der Waals surface area (Å²) in [7, 11) is 0. The monoisotopic (exact) mass is 357 g/mol. The molecule has 1 amide bonds. The second kappa shape index (κ2) is 7.08. The molecule has 2 heterocycles. The lowest BCUT2D eigenvalue weighted by atomic mass is 10.2. The van der Waals surface area contributed by atoms with Crippen molar-refractivity contribution in [1.29, 1.82) is 5.26 Å². The van der Waals surface area contributed by atoms with Crippen LogP contribution in [0, 0.1) is 18.3 Å². The number of hydrogen-bond donors (Lipinski definition) is 2. The summed E-state index contributed by atoms with van der Waals surface area (Å²) < 4.78 is 5.21. The summed E-state index contributed by atoms with van der Waals surface area (Å²) in [5.74, 6) is 0.598. The zero-order valence-corrected chi connectivity index (χ0v) is 14.1. The Bertz CT molecular complexity index is 912. The average molecular weight is 357 g/mol. The van der Waals surface area contributed by atoms with Crippen molar-refractivity contribution in [3.63, 3.8) is 0 Å². The van der Waals surface area contributed by atoms with E-state index < -0.39 is 6.09 Å². The molecule has 2 aromatic heterocycles. The molecule has 2 N–H and O–H groups in total. The molecule has 0 radical (unpaired) electrons. The van der Waals surface area contributed by atoms with E-state index in [0.29, 0.717) is 22.1 Å². The highest BCUT2D eigenvalue weighted by Crippen LogP contribution is 2.31. The molecular weight excluding hydrogens is 346 g/mol. The Morgan fingerprint density at radius 3 is 3.00 bits per heavy atom. The molecule has 0 bridgehead atoms. The molecule has 120 valence electrons. The number of hydrogen-bond acceptors (Lipinski definition) is 8. The average Bonchev–Trinajstić information content (AvgIpc) is 3.17. The van der Waals surface area contributed by atoms with Crippen molar-refractivity contribution in [3.8, 4) is 11.9 Å². The fourth-order valence-corrected chi connectivity index (χ4v) is 3.00. The van der Waals surface area contributed by atoms with Crippen LogP contribution in [0.25, 0.3) is 0 Å². The van der Waals surface area contributed by atoms with Crippen molar-refractivity contribution in [2.24, 2.45) is 0 Å². The zero-order chi connectivity index (χ0) is 16.9. The van der Waals surface area contributed by atoms with E-state index in [0.717, 1.165) is 5.01 Å². The number of thiazole rings is 2. The van der Waals surface area contributed by atoms with Gasteiger partial charge in [0.05, 0.1) is 22.2 Å². The van der Waals surface area contributed by atoms with Crippen LogP contribution in [0.4, 0.5) is 21.3 Å². The highest BCUT2D eigenvalue weighted by molar-refractivity contribution is 7.14. The maximum Gasteiger partial charge on any atom is 0.419 e. The summed E-state index contributed by atoms with van der Waals surface area (Å²) in [5.41, 5.74) is 2.80. The molecule has 24 heavy (non-hydrogen) atoms. The number of amides is 1. The molecule has 3 rings (SSSR count). The number of nitrogens with one attached hydrogen (secondary N) is 2. The Hall–Kier alpha value is -2.96. The smallest absolute Gasteiger partial charge is 0.388 e. The summed E-state index contributed by atoms with van der Waals surface area (Å²) >= 11 is 2.72. The normalized spacial score (nSPS) is 10.0. The lowest BCUT2D eigenvalue weighted by Gasteiger charge is -2.07. The fourth-order valence-electron chi connectivity index (χ4n) is 1.83. The van der Waals surface area contributed by atoms with Gasteiger partial charge in [0.2, 0.25) is 0 Å². The van der Waals surface area contributed by atoms with Crippen LogP contribution in [0.2, 0.25) is 0 Å². The van der Waals surface area contributed by atoms with Gasteiger partial charge in [-0.2, -0.15) is 5.26 Å². The highest BCUT2D eigenvalue weighted by Gasteiger charge is 2.14. The Balaban J connectivity index is 1.68. The first-order valence-corrected chi connectivity index (χ1v) is 8.51. The van der Waals surface area contributed by atoms with Crippen molar-refractivity contribution in [2.75, 3.05) is 10.6 Å². The van der Waals surface area contributed by atoms with Gasteiger partial charge in [-0.3, -0.25) is 5.32 Å². The molecule has 3 aromatic rings. The Morgan fingerprint density at radius 2 is 2.25 bits per heavy atom. The molecule has 0 saturated carbocycles. The molecule has 0 atom stereocenters. The number of nitrogens with zero attached hydrogens (tertiary/aromatic N) is 3. The van der Waals surface area contributed by atoms with E-state index in [1.165, 1.54) is 22.7 Å². The summed E-state index contributed by atoms with van der Waals surface area (Å²) in [6.07, 6.45) is -0.667. The summed E-state index contributed by atoms with van der Waals surface area (Å²) in [6, 6.07) is 9.04. The van der Waals surface area contributed by atoms with E-state index in [9.17, 15) is 4.79 Å². The molecule has 9 heteroatoms. The Morgan fingerprint density at radius 1 is 1.38 bits per heavy atom. The molecule has 0 aliphatic heterocycles. The molecule has 0 unspecified atom stereocenters. The minimum atomic E-state index is -0.667. The number of anilines is 3. The van der Waals surface area contributed by atoms with Crippen LogP contribution >= 0.6 is 22.7 Å². The van der Waals surface area contributed by atoms with Crippen molar-refractivity contribution in [2.45, 2.75) is 6.92 Å². The number of nitriles is 1. The predicted molar refractivity (Wildman–Crippen MR) is 93.1 cm³/mol. The van der Waals surface area contributed by atoms with Gasteiger partial charge in [-0.25, -0.2) is 14.8 Å². The molecule has 0 aliphatic rings. The molecule has 0 aliphatic carbocycles. The van der Waals surface area contributed by atoms with E-state index >= 15 is 0 Å². The number of rotatable bonds is 4. The first-order chi connectivity index (χ1) is 11.6. The van der Waals surface area contributed by atoms with Gasteiger partial charge in [0, 0.05) is 11.1 Å². The number of aromatic nitrogens is 2. The largest absolute Gasteiger partial charge is 0.419 e. The predicted octanol–water partition coefficient (Wildman–Crippen LogP) is 4.13. The number of carbonyl (C=O) groups is 1. The van der Waals surface area contributed by atoms with Crippen molar-refractivity contribution in [3.05, 3.63) is 45.7 Å². The summed E-state index contributed by atoms with van der Waals surface area (Å²) in [6.45, 7) is 1.85.